The van der Waals surface area contributed by atoms with Crippen LogP contribution in [0.4, 0.5) is 5.69 Å². The van der Waals surface area contributed by atoms with Crippen LogP contribution in [0.2, 0.25) is 0 Å². The van der Waals surface area contributed by atoms with Gasteiger partial charge in [0.25, 0.3) is 10.0 Å². The number of sulfonamides is 1. The Hall–Kier alpha value is -3.34. The van der Waals surface area contributed by atoms with Gasteiger partial charge in [-0.2, -0.15) is 0 Å². The fraction of sp³-hybridized carbons (Fsp3) is 0.250. The molecule has 1 heterocycles. The molecule has 9 heteroatoms. The number of aliphatic hydroxyl groups excluding tert-OH is 1. The first-order valence-electron chi connectivity index (χ1n) is 13.3. The number of aliphatic hydroxyl groups is 1. The summed E-state index contributed by atoms with van der Waals surface area (Å²) in [5.74, 6) is 1.48. The molecule has 41 heavy (non-hydrogen) atoms. The average molecular weight is 592 g/mol. The van der Waals surface area contributed by atoms with Crippen LogP contribution in [0, 0.1) is 5.92 Å². The van der Waals surface area contributed by atoms with E-state index in [-0.39, 0.29) is 29.6 Å². The molecule has 1 aliphatic rings. The van der Waals surface area contributed by atoms with Gasteiger partial charge in [0, 0.05) is 27.8 Å². The van der Waals surface area contributed by atoms with E-state index in [1.165, 1.54) is 0 Å². The van der Waals surface area contributed by atoms with E-state index < -0.39 is 16.3 Å². The van der Waals surface area contributed by atoms with Crippen molar-refractivity contribution in [3.05, 3.63) is 120 Å². The Morgan fingerprint density at radius 2 is 1.61 bits per heavy atom. The van der Waals surface area contributed by atoms with Crippen molar-refractivity contribution < 1.29 is 27.7 Å². The van der Waals surface area contributed by atoms with E-state index in [4.69, 9.17) is 14.2 Å². The van der Waals surface area contributed by atoms with Gasteiger partial charge in [-0.25, -0.2) is 8.42 Å². The Labute approximate surface area is 245 Å². The Kier molecular flexibility index (Phi) is 9.32. The standard InChI is InChI=1S/C32H33NO6S2/c1-22-29(21-40-30-14-7-6-13-28(30)37-2)38-32(39-31(22)24-17-15-23(20-34)16-18-24)25-9-8-10-26(19-25)33-41(35,36)27-11-4-3-5-12-27/h3-19,22,29,31-34H,20-21H2,1-2H3/t22-,29+,31+,32+/m1/s1. The largest absolute Gasteiger partial charge is 0.496 e. The normalized spacial score (nSPS) is 20.9. The Morgan fingerprint density at radius 1 is 0.878 bits per heavy atom. The maximum absolute atomic E-state index is 12.9. The molecule has 4 aromatic rings. The molecule has 0 radical (unpaired) electrons. The van der Waals surface area contributed by atoms with Crippen LogP contribution in [-0.4, -0.2) is 32.5 Å². The molecule has 4 atom stereocenters. The summed E-state index contributed by atoms with van der Waals surface area (Å²) >= 11 is 1.66. The van der Waals surface area contributed by atoms with Crippen molar-refractivity contribution in [2.24, 2.45) is 5.92 Å². The molecule has 0 bridgehead atoms. The fourth-order valence-electron chi connectivity index (χ4n) is 4.78. The first kappa shape index (κ1) is 29.2. The van der Waals surface area contributed by atoms with Crippen molar-refractivity contribution in [3.63, 3.8) is 0 Å². The van der Waals surface area contributed by atoms with Gasteiger partial charge >= 0.3 is 0 Å². The van der Waals surface area contributed by atoms with E-state index in [0.29, 0.717) is 17.0 Å². The number of hydrogen-bond acceptors (Lipinski definition) is 7. The molecule has 0 spiro atoms. The second-order valence-corrected chi connectivity index (χ2v) is 12.6. The van der Waals surface area contributed by atoms with Crippen LogP contribution in [0.25, 0.3) is 0 Å². The summed E-state index contributed by atoms with van der Waals surface area (Å²) in [6.07, 6.45) is -1.19. The molecule has 7 nitrogen and oxygen atoms in total. The minimum atomic E-state index is -3.75. The third kappa shape index (κ3) is 6.94. The van der Waals surface area contributed by atoms with E-state index in [0.717, 1.165) is 21.8 Å². The highest BCUT2D eigenvalue weighted by Crippen LogP contribution is 2.44. The zero-order valence-corrected chi connectivity index (χ0v) is 24.5. The Morgan fingerprint density at radius 3 is 2.34 bits per heavy atom. The minimum absolute atomic E-state index is 0.00759. The van der Waals surface area contributed by atoms with Gasteiger partial charge in [-0.1, -0.05) is 73.7 Å². The van der Waals surface area contributed by atoms with Gasteiger partial charge in [0.2, 0.25) is 0 Å². The number of benzene rings is 4. The molecule has 0 unspecified atom stereocenters. The van der Waals surface area contributed by atoms with Crippen molar-refractivity contribution in [1.29, 1.82) is 0 Å². The SMILES string of the molecule is COc1ccccc1SC[C@@H]1O[C@H](c2cccc(NS(=O)(=O)c3ccccc3)c2)O[C@H](c2ccc(CO)cc2)[C@@H]1C. The molecular weight excluding hydrogens is 558 g/mol. The zero-order valence-electron chi connectivity index (χ0n) is 22.8. The number of rotatable bonds is 10. The topological polar surface area (TPSA) is 94.1 Å². The van der Waals surface area contributed by atoms with Crippen molar-refractivity contribution in [3.8, 4) is 5.75 Å². The van der Waals surface area contributed by atoms with Gasteiger partial charge in [0.1, 0.15) is 5.75 Å². The van der Waals surface area contributed by atoms with Gasteiger partial charge in [-0.3, -0.25) is 4.72 Å². The molecular formula is C32H33NO6S2. The highest BCUT2D eigenvalue weighted by molar-refractivity contribution is 7.99. The van der Waals surface area contributed by atoms with Gasteiger partial charge in [0.05, 0.1) is 30.8 Å². The molecule has 5 rings (SSSR count). The lowest BCUT2D eigenvalue weighted by Crippen LogP contribution is -2.38. The highest BCUT2D eigenvalue weighted by atomic mass is 32.2. The van der Waals surface area contributed by atoms with E-state index in [1.54, 1.807) is 67.4 Å². The third-order valence-electron chi connectivity index (χ3n) is 7.06. The summed E-state index contributed by atoms with van der Waals surface area (Å²) in [7, 11) is -2.09. The Bertz CT molecular complexity index is 1550. The molecule has 2 N–H and O–H groups in total. The minimum Gasteiger partial charge on any atom is -0.496 e. The van der Waals surface area contributed by atoms with Crippen molar-refractivity contribution in [2.75, 3.05) is 17.6 Å². The lowest BCUT2D eigenvalue weighted by molar-refractivity contribution is -0.268. The van der Waals surface area contributed by atoms with Crippen LogP contribution >= 0.6 is 11.8 Å². The van der Waals surface area contributed by atoms with Crippen molar-refractivity contribution >= 4 is 27.5 Å². The molecule has 1 saturated heterocycles. The summed E-state index contributed by atoms with van der Waals surface area (Å²) in [4.78, 5) is 1.21. The van der Waals surface area contributed by atoms with Crippen LogP contribution in [0.5, 0.6) is 5.75 Å². The number of nitrogens with one attached hydrogen (secondary N) is 1. The second kappa shape index (κ2) is 13.1. The van der Waals surface area contributed by atoms with E-state index >= 15 is 0 Å². The van der Waals surface area contributed by atoms with Crippen molar-refractivity contribution in [1.82, 2.24) is 0 Å². The first-order valence-corrected chi connectivity index (χ1v) is 15.8. The van der Waals surface area contributed by atoms with Gasteiger partial charge in [-0.15, -0.1) is 11.8 Å². The monoisotopic (exact) mass is 591 g/mol. The number of thioether (sulfide) groups is 1. The molecule has 4 aromatic carbocycles. The second-order valence-electron chi connectivity index (χ2n) is 9.83. The fourth-order valence-corrected chi connectivity index (χ4v) is 7.05. The van der Waals surface area contributed by atoms with E-state index in [1.807, 2.05) is 54.6 Å². The number of ether oxygens (including phenoxy) is 3. The Balaban J connectivity index is 1.41. The molecule has 1 aliphatic heterocycles. The van der Waals surface area contributed by atoms with Crippen LogP contribution < -0.4 is 9.46 Å². The number of methoxy groups -OCH3 is 1. The number of para-hydroxylation sites is 1. The van der Waals surface area contributed by atoms with Gasteiger partial charge in [0.15, 0.2) is 6.29 Å². The molecule has 0 aromatic heterocycles. The maximum Gasteiger partial charge on any atom is 0.261 e. The lowest BCUT2D eigenvalue weighted by atomic mass is 9.91. The third-order valence-corrected chi connectivity index (χ3v) is 9.60. The molecule has 0 amide bonds. The van der Waals surface area contributed by atoms with Gasteiger partial charge in [-0.05, 0) is 47.5 Å². The van der Waals surface area contributed by atoms with Crippen molar-refractivity contribution in [2.45, 2.75) is 41.8 Å². The summed E-state index contributed by atoms with van der Waals surface area (Å²) in [6.45, 7) is 2.08. The van der Waals surface area contributed by atoms with Crippen LogP contribution in [0.1, 0.15) is 36.0 Å². The quantitative estimate of drug-likeness (QED) is 0.201. The average Bonchev–Trinajstić information content (AvgIpc) is 3.01. The van der Waals surface area contributed by atoms with Gasteiger partial charge < -0.3 is 19.3 Å². The summed E-state index contributed by atoms with van der Waals surface area (Å²) in [5.41, 5.74) is 2.93. The molecule has 0 aliphatic carbocycles. The molecule has 214 valence electrons. The maximum atomic E-state index is 12.9. The van der Waals surface area contributed by atoms with Crippen LogP contribution in [0.3, 0.4) is 0 Å². The highest BCUT2D eigenvalue weighted by Gasteiger charge is 2.38. The zero-order chi connectivity index (χ0) is 28.8. The lowest BCUT2D eigenvalue weighted by Gasteiger charge is -2.41. The van der Waals surface area contributed by atoms with Crippen LogP contribution in [0.15, 0.2) is 113 Å². The van der Waals surface area contributed by atoms with E-state index in [2.05, 4.69) is 11.6 Å². The number of anilines is 1. The van der Waals surface area contributed by atoms with Crippen LogP contribution in [-0.2, 0) is 26.1 Å². The number of hydrogen-bond donors (Lipinski definition) is 2. The molecule has 0 saturated carbocycles. The smallest absolute Gasteiger partial charge is 0.261 e. The summed E-state index contributed by atoms with van der Waals surface area (Å²) < 4.78 is 47.2. The first-order chi connectivity index (χ1) is 19.9. The predicted octanol–water partition coefficient (Wildman–Crippen LogP) is 6.57. The van der Waals surface area contributed by atoms with E-state index in [9.17, 15) is 13.5 Å². The summed E-state index contributed by atoms with van der Waals surface area (Å²) in [6, 6.07) is 31.0. The summed E-state index contributed by atoms with van der Waals surface area (Å²) in [5, 5.41) is 9.51. The predicted molar refractivity (Wildman–Crippen MR) is 160 cm³/mol. The molecule has 1 fully saturated rings.